The quantitative estimate of drug-likeness (QED) is 0.637. The fraction of sp³-hybridized carbons (Fsp3) is 0.545. The van der Waals surface area contributed by atoms with Gasteiger partial charge in [-0.3, -0.25) is 4.79 Å². The smallest absolute Gasteiger partial charge is 0.138 e. The number of ketones is 1. The molecule has 1 heterocycles. The van der Waals surface area contributed by atoms with E-state index in [4.69, 9.17) is 0 Å². The van der Waals surface area contributed by atoms with Crippen LogP contribution in [0.15, 0.2) is 17.5 Å². The van der Waals surface area contributed by atoms with Crippen molar-refractivity contribution in [3.8, 4) is 0 Å². The molecule has 0 aliphatic rings. The summed E-state index contributed by atoms with van der Waals surface area (Å²) in [5, 5.41) is 2.02. The van der Waals surface area contributed by atoms with Gasteiger partial charge < -0.3 is 0 Å². The van der Waals surface area contributed by atoms with E-state index in [1.165, 1.54) is 17.7 Å². The topological polar surface area (TPSA) is 17.1 Å². The van der Waals surface area contributed by atoms with Crippen LogP contribution in [0.25, 0.3) is 0 Å². The summed E-state index contributed by atoms with van der Waals surface area (Å²) in [5.41, 5.74) is 0. The Morgan fingerprint density at radius 1 is 1.46 bits per heavy atom. The Bertz CT molecular complexity index is 239. The molecule has 0 saturated heterocycles. The minimum Gasteiger partial charge on any atom is -0.299 e. The second-order valence-electron chi connectivity index (χ2n) is 3.25. The van der Waals surface area contributed by atoms with E-state index in [9.17, 15) is 4.79 Å². The van der Waals surface area contributed by atoms with Gasteiger partial charge in [0.1, 0.15) is 5.78 Å². The second-order valence-corrected chi connectivity index (χ2v) is 4.28. The van der Waals surface area contributed by atoms with E-state index in [1.54, 1.807) is 11.3 Å². The summed E-state index contributed by atoms with van der Waals surface area (Å²) in [6.07, 6.45) is 4.82. The summed E-state index contributed by atoms with van der Waals surface area (Å²) >= 11 is 1.67. The molecule has 0 fully saturated rings. The first-order chi connectivity index (χ1) is 6.33. The molecule has 1 nitrogen and oxygen atoms in total. The summed E-state index contributed by atoms with van der Waals surface area (Å²) in [6.45, 7) is 2.16. The molecule has 0 saturated carbocycles. The maximum Gasteiger partial charge on any atom is 0.138 e. The molecule has 1 aromatic heterocycles. The number of unbranched alkanes of at least 4 members (excludes halogenated alkanes) is 2. The Kier molecular flexibility index (Phi) is 4.76. The lowest BCUT2D eigenvalue weighted by molar-refractivity contribution is -0.118. The first-order valence-electron chi connectivity index (χ1n) is 4.87. The molecule has 0 radical (unpaired) electrons. The molecular formula is C11H16OS. The third kappa shape index (κ3) is 4.23. The molecule has 0 bridgehead atoms. The molecule has 2 heteroatoms. The lowest BCUT2D eigenvalue weighted by Crippen LogP contribution is -2.00. The Morgan fingerprint density at radius 2 is 2.31 bits per heavy atom. The van der Waals surface area contributed by atoms with Crippen LogP contribution in [-0.4, -0.2) is 5.78 Å². The Labute approximate surface area is 83.8 Å². The van der Waals surface area contributed by atoms with Crippen molar-refractivity contribution in [2.24, 2.45) is 0 Å². The molecule has 0 spiro atoms. The van der Waals surface area contributed by atoms with Crippen molar-refractivity contribution >= 4 is 17.1 Å². The standard InChI is InChI=1S/C11H16OS/c1-2-3-4-6-10(12)9-11-7-5-8-13-11/h5,7-8H,2-4,6,9H2,1H3. The predicted molar refractivity (Wildman–Crippen MR) is 57.2 cm³/mol. The fourth-order valence-corrected chi connectivity index (χ4v) is 2.00. The molecule has 0 N–H and O–H groups in total. The van der Waals surface area contributed by atoms with E-state index < -0.39 is 0 Å². The van der Waals surface area contributed by atoms with Gasteiger partial charge in [0.05, 0.1) is 0 Å². The molecule has 1 rings (SSSR count). The zero-order valence-corrected chi connectivity index (χ0v) is 8.90. The number of hydrogen-bond donors (Lipinski definition) is 0. The molecule has 0 aliphatic heterocycles. The van der Waals surface area contributed by atoms with Crippen LogP contribution in [0.4, 0.5) is 0 Å². The average Bonchev–Trinajstić information content (AvgIpc) is 2.57. The SMILES string of the molecule is CCCCCC(=O)Cc1cccs1. The van der Waals surface area contributed by atoms with E-state index in [0.717, 1.165) is 12.8 Å². The Balaban J connectivity index is 2.18. The highest BCUT2D eigenvalue weighted by atomic mass is 32.1. The van der Waals surface area contributed by atoms with Crippen LogP contribution in [0.1, 0.15) is 37.5 Å². The Hall–Kier alpha value is -0.630. The van der Waals surface area contributed by atoms with Gasteiger partial charge in [-0.05, 0) is 17.9 Å². The van der Waals surface area contributed by atoms with Crippen molar-refractivity contribution in [1.29, 1.82) is 0 Å². The zero-order chi connectivity index (χ0) is 9.52. The van der Waals surface area contributed by atoms with E-state index in [1.807, 2.05) is 17.5 Å². The predicted octanol–water partition coefficient (Wildman–Crippen LogP) is 3.44. The Morgan fingerprint density at radius 3 is 2.92 bits per heavy atom. The van der Waals surface area contributed by atoms with E-state index >= 15 is 0 Å². The van der Waals surface area contributed by atoms with Gasteiger partial charge in [-0.1, -0.05) is 25.8 Å². The molecule has 0 amide bonds. The fourth-order valence-electron chi connectivity index (χ4n) is 1.27. The molecule has 0 aromatic carbocycles. The minimum atomic E-state index is 0.385. The molecule has 1 aromatic rings. The molecule has 0 unspecified atom stereocenters. The number of thiophene rings is 1. The summed E-state index contributed by atoms with van der Waals surface area (Å²) in [7, 11) is 0. The highest BCUT2D eigenvalue weighted by molar-refractivity contribution is 7.10. The van der Waals surface area contributed by atoms with Gasteiger partial charge in [-0.15, -0.1) is 11.3 Å². The van der Waals surface area contributed by atoms with E-state index in [-0.39, 0.29) is 0 Å². The van der Waals surface area contributed by atoms with Crippen molar-refractivity contribution in [1.82, 2.24) is 0 Å². The number of hydrogen-bond acceptors (Lipinski definition) is 2. The summed E-state index contributed by atoms with van der Waals surface area (Å²) < 4.78 is 0. The number of rotatable bonds is 6. The van der Waals surface area contributed by atoms with Crippen molar-refractivity contribution < 1.29 is 4.79 Å². The van der Waals surface area contributed by atoms with Crippen LogP contribution < -0.4 is 0 Å². The van der Waals surface area contributed by atoms with Gasteiger partial charge >= 0.3 is 0 Å². The van der Waals surface area contributed by atoms with Crippen LogP contribution >= 0.6 is 11.3 Å². The van der Waals surface area contributed by atoms with Crippen LogP contribution in [0.5, 0.6) is 0 Å². The largest absolute Gasteiger partial charge is 0.299 e. The third-order valence-corrected chi connectivity index (χ3v) is 2.89. The summed E-state index contributed by atoms with van der Waals surface area (Å²) in [4.78, 5) is 12.6. The maximum absolute atomic E-state index is 11.4. The van der Waals surface area contributed by atoms with Gasteiger partial charge in [-0.2, -0.15) is 0 Å². The van der Waals surface area contributed by atoms with Gasteiger partial charge in [0.2, 0.25) is 0 Å². The first-order valence-corrected chi connectivity index (χ1v) is 5.75. The average molecular weight is 196 g/mol. The van der Waals surface area contributed by atoms with Crippen LogP contribution in [0.2, 0.25) is 0 Å². The first kappa shape index (κ1) is 10.5. The van der Waals surface area contributed by atoms with Crippen LogP contribution in [0.3, 0.4) is 0 Å². The highest BCUT2D eigenvalue weighted by Crippen LogP contribution is 2.11. The van der Waals surface area contributed by atoms with Gasteiger partial charge in [0.15, 0.2) is 0 Å². The minimum absolute atomic E-state index is 0.385. The number of carbonyl (C=O) groups excluding carboxylic acids is 1. The van der Waals surface area contributed by atoms with E-state index in [2.05, 4.69) is 6.92 Å². The summed E-state index contributed by atoms with van der Waals surface area (Å²) in [5.74, 6) is 0.385. The molecule has 13 heavy (non-hydrogen) atoms. The molecule has 0 aliphatic carbocycles. The van der Waals surface area contributed by atoms with Crippen molar-refractivity contribution in [3.63, 3.8) is 0 Å². The maximum atomic E-state index is 11.4. The van der Waals surface area contributed by atoms with Gasteiger partial charge in [0, 0.05) is 17.7 Å². The van der Waals surface area contributed by atoms with Crippen molar-refractivity contribution in [2.75, 3.05) is 0 Å². The van der Waals surface area contributed by atoms with Crippen LogP contribution in [-0.2, 0) is 11.2 Å². The second kappa shape index (κ2) is 5.92. The number of carbonyl (C=O) groups is 1. The number of Topliss-reactive ketones (excluding diaryl/α,β-unsaturated/α-hetero) is 1. The van der Waals surface area contributed by atoms with Crippen molar-refractivity contribution in [2.45, 2.75) is 39.0 Å². The highest BCUT2D eigenvalue weighted by Gasteiger charge is 2.03. The third-order valence-electron chi connectivity index (χ3n) is 2.01. The van der Waals surface area contributed by atoms with E-state index in [0.29, 0.717) is 12.2 Å². The summed E-state index contributed by atoms with van der Waals surface area (Å²) in [6, 6.07) is 4.03. The molecule has 72 valence electrons. The van der Waals surface area contributed by atoms with Gasteiger partial charge in [0.25, 0.3) is 0 Å². The zero-order valence-electron chi connectivity index (χ0n) is 8.08. The molecular weight excluding hydrogens is 180 g/mol. The normalized spacial score (nSPS) is 10.2. The van der Waals surface area contributed by atoms with Crippen molar-refractivity contribution in [3.05, 3.63) is 22.4 Å². The van der Waals surface area contributed by atoms with Crippen LogP contribution in [0, 0.1) is 0 Å². The van der Waals surface area contributed by atoms with Gasteiger partial charge in [-0.25, -0.2) is 0 Å². The lowest BCUT2D eigenvalue weighted by Gasteiger charge is -1.97. The molecule has 0 atom stereocenters. The monoisotopic (exact) mass is 196 g/mol. The lowest BCUT2D eigenvalue weighted by atomic mass is 10.1.